The van der Waals surface area contributed by atoms with Gasteiger partial charge in [0.05, 0.1) is 26.4 Å². The van der Waals surface area contributed by atoms with Crippen LogP contribution in [-0.2, 0) is 27.6 Å². The van der Waals surface area contributed by atoms with Crippen molar-refractivity contribution in [2.75, 3.05) is 26.4 Å². The van der Waals surface area contributed by atoms with E-state index >= 15 is 0 Å². The lowest BCUT2D eigenvalue weighted by molar-refractivity contribution is -0.184. The molecule has 0 unspecified atom stereocenters. The number of ether oxygens (including phenoxy) is 2. The lowest BCUT2D eigenvalue weighted by Gasteiger charge is -2.13. The molecule has 0 bridgehead atoms. The van der Waals surface area contributed by atoms with E-state index in [9.17, 15) is 4.57 Å². The van der Waals surface area contributed by atoms with Crippen molar-refractivity contribution in [2.24, 2.45) is 0 Å². The van der Waals surface area contributed by atoms with E-state index in [0.29, 0.717) is 13.2 Å². The molecule has 0 saturated carbocycles. The molecule has 2 aliphatic heterocycles. The first kappa shape index (κ1) is 8.62. The molecule has 2 fully saturated rings. The van der Waals surface area contributed by atoms with Crippen molar-refractivity contribution < 1.29 is 27.6 Å². The monoisotopic (exact) mass is 196 g/mol. The molecular formula is C5H9O6P. The van der Waals surface area contributed by atoms with Gasteiger partial charge in [0.15, 0.2) is 0 Å². The Morgan fingerprint density at radius 1 is 1.08 bits per heavy atom. The van der Waals surface area contributed by atoms with Gasteiger partial charge in [-0.3, -0.25) is 9.05 Å². The van der Waals surface area contributed by atoms with Gasteiger partial charge in [0.1, 0.15) is 0 Å². The van der Waals surface area contributed by atoms with E-state index in [1.54, 1.807) is 0 Å². The SMILES string of the molecule is O=P1(OC2OCCO2)OCCO1. The molecule has 2 rings (SSSR count). The molecule has 70 valence electrons. The third-order valence-electron chi connectivity index (χ3n) is 1.39. The van der Waals surface area contributed by atoms with E-state index < -0.39 is 14.3 Å². The van der Waals surface area contributed by atoms with Crippen LogP contribution in [0.1, 0.15) is 0 Å². The summed E-state index contributed by atoms with van der Waals surface area (Å²) in [4.78, 5) is 0. The molecule has 2 heterocycles. The maximum absolute atomic E-state index is 11.3. The fourth-order valence-electron chi connectivity index (χ4n) is 0.899. The molecule has 0 N–H and O–H groups in total. The second kappa shape index (κ2) is 3.41. The minimum Gasteiger partial charge on any atom is -0.327 e. The van der Waals surface area contributed by atoms with E-state index in [4.69, 9.17) is 23.0 Å². The normalized spacial score (nSPS) is 29.7. The number of phosphoric acid groups is 1. The minimum atomic E-state index is -3.37. The fraction of sp³-hybridized carbons (Fsp3) is 1.00. The summed E-state index contributed by atoms with van der Waals surface area (Å²) < 4.78 is 35.5. The molecule has 0 aromatic rings. The first-order chi connectivity index (χ1) is 5.79. The van der Waals surface area contributed by atoms with Gasteiger partial charge >= 0.3 is 7.82 Å². The maximum Gasteiger partial charge on any atom is 0.479 e. The topological polar surface area (TPSA) is 63.2 Å². The predicted molar refractivity (Wildman–Crippen MR) is 36.3 cm³/mol. The first-order valence-electron chi connectivity index (χ1n) is 3.59. The quantitative estimate of drug-likeness (QED) is 0.599. The van der Waals surface area contributed by atoms with Crippen LogP contribution in [-0.4, -0.2) is 32.9 Å². The molecule has 2 aliphatic rings. The van der Waals surface area contributed by atoms with Gasteiger partial charge in [-0.05, 0) is 0 Å². The Morgan fingerprint density at radius 3 is 2.25 bits per heavy atom. The number of hydrogen-bond donors (Lipinski definition) is 0. The summed E-state index contributed by atoms with van der Waals surface area (Å²) in [6.07, 6.45) is 0. The van der Waals surface area contributed by atoms with E-state index in [2.05, 4.69) is 0 Å². The third-order valence-corrected chi connectivity index (χ3v) is 2.82. The van der Waals surface area contributed by atoms with E-state index in [0.717, 1.165) is 0 Å². The Hall–Kier alpha value is 0.0300. The molecule has 0 spiro atoms. The van der Waals surface area contributed by atoms with Crippen LogP contribution in [0.15, 0.2) is 0 Å². The number of rotatable bonds is 2. The van der Waals surface area contributed by atoms with Gasteiger partial charge in [-0.2, -0.15) is 0 Å². The van der Waals surface area contributed by atoms with Gasteiger partial charge in [0.2, 0.25) is 0 Å². The zero-order chi connectivity index (χ0) is 8.44. The van der Waals surface area contributed by atoms with Crippen LogP contribution in [0.2, 0.25) is 0 Å². The summed E-state index contributed by atoms with van der Waals surface area (Å²) in [7, 11) is -3.37. The van der Waals surface area contributed by atoms with Gasteiger partial charge in [0, 0.05) is 0 Å². The highest BCUT2D eigenvalue weighted by atomic mass is 31.2. The number of hydrogen-bond acceptors (Lipinski definition) is 6. The highest BCUT2D eigenvalue weighted by molar-refractivity contribution is 7.48. The molecule has 2 saturated heterocycles. The van der Waals surface area contributed by atoms with Gasteiger partial charge in [0.25, 0.3) is 6.48 Å². The van der Waals surface area contributed by atoms with Gasteiger partial charge < -0.3 is 9.47 Å². The number of phosphoric ester groups is 1. The Balaban J connectivity index is 1.88. The van der Waals surface area contributed by atoms with Crippen molar-refractivity contribution in [3.63, 3.8) is 0 Å². The Kier molecular flexibility index (Phi) is 2.45. The molecule has 0 aromatic carbocycles. The van der Waals surface area contributed by atoms with Crippen molar-refractivity contribution >= 4 is 7.82 Å². The highest BCUT2D eigenvalue weighted by Crippen LogP contribution is 2.54. The third kappa shape index (κ3) is 1.85. The largest absolute Gasteiger partial charge is 0.479 e. The van der Waals surface area contributed by atoms with Crippen LogP contribution in [0.3, 0.4) is 0 Å². The van der Waals surface area contributed by atoms with Gasteiger partial charge in [-0.15, -0.1) is 0 Å². The summed E-state index contributed by atoms with van der Waals surface area (Å²) in [5.74, 6) is 0. The summed E-state index contributed by atoms with van der Waals surface area (Å²) >= 11 is 0. The lowest BCUT2D eigenvalue weighted by Crippen LogP contribution is -2.11. The minimum absolute atomic E-state index is 0.282. The standard InChI is InChI=1S/C5H9O6P/c6-12(9-3-4-10-12)11-5-7-1-2-8-5/h5H,1-4H2. The molecule has 12 heavy (non-hydrogen) atoms. The van der Waals surface area contributed by atoms with Crippen LogP contribution < -0.4 is 0 Å². The second-order valence-corrected chi connectivity index (χ2v) is 3.87. The fourth-order valence-corrected chi connectivity index (χ4v) is 2.02. The zero-order valence-electron chi connectivity index (χ0n) is 6.30. The molecule has 0 aliphatic carbocycles. The van der Waals surface area contributed by atoms with E-state index in [1.165, 1.54) is 0 Å². The smallest absolute Gasteiger partial charge is 0.327 e. The van der Waals surface area contributed by atoms with Gasteiger partial charge in [-0.1, -0.05) is 0 Å². The predicted octanol–water partition coefficient (Wildman–Crippen LogP) is 0.488. The summed E-state index contributed by atoms with van der Waals surface area (Å²) in [5, 5.41) is 0. The summed E-state index contributed by atoms with van der Waals surface area (Å²) in [6, 6.07) is 0. The van der Waals surface area contributed by atoms with E-state index in [1.807, 2.05) is 0 Å². The van der Waals surface area contributed by atoms with Crippen LogP contribution in [0, 0.1) is 0 Å². The van der Waals surface area contributed by atoms with Crippen molar-refractivity contribution in [1.82, 2.24) is 0 Å². The van der Waals surface area contributed by atoms with E-state index in [-0.39, 0.29) is 13.2 Å². The lowest BCUT2D eigenvalue weighted by atomic mass is 10.8. The first-order valence-corrected chi connectivity index (χ1v) is 5.05. The molecule has 0 amide bonds. The zero-order valence-corrected chi connectivity index (χ0v) is 7.20. The molecule has 7 heteroatoms. The molecule has 6 nitrogen and oxygen atoms in total. The van der Waals surface area contributed by atoms with Crippen LogP contribution in [0.25, 0.3) is 0 Å². The maximum atomic E-state index is 11.3. The van der Waals surface area contributed by atoms with Crippen LogP contribution >= 0.6 is 7.82 Å². The van der Waals surface area contributed by atoms with Gasteiger partial charge in [-0.25, -0.2) is 9.09 Å². The van der Waals surface area contributed by atoms with Crippen molar-refractivity contribution in [1.29, 1.82) is 0 Å². The van der Waals surface area contributed by atoms with Crippen LogP contribution in [0.5, 0.6) is 0 Å². The molecule has 0 atom stereocenters. The van der Waals surface area contributed by atoms with Crippen LogP contribution in [0.4, 0.5) is 0 Å². The Morgan fingerprint density at radius 2 is 1.67 bits per heavy atom. The highest BCUT2D eigenvalue weighted by Gasteiger charge is 2.37. The molecule has 0 aromatic heterocycles. The van der Waals surface area contributed by atoms with Crippen molar-refractivity contribution in [3.8, 4) is 0 Å². The molecular weight excluding hydrogens is 187 g/mol. The summed E-state index contributed by atoms with van der Waals surface area (Å²) in [6.45, 7) is 0.525. The Bertz CT molecular complexity index is 190. The Labute approximate surface area is 69.3 Å². The second-order valence-electron chi connectivity index (χ2n) is 2.25. The van der Waals surface area contributed by atoms with Crippen molar-refractivity contribution in [2.45, 2.75) is 6.48 Å². The van der Waals surface area contributed by atoms with Crippen molar-refractivity contribution in [3.05, 3.63) is 0 Å². The molecule has 0 radical (unpaired) electrons. The average molecular weight is 196 g/mol. The average Bonchev–Trinajstić information content (AvgIpc) is 2.62. The summed E-state index contributed by atoms with van der Waals surface area (Å²) in [5.41, 5.74) is 0.